The molecule has 2 atom stereocenters. The molecule has 4 nitrogen and oxygen atoms in total. The summed E-state index contributed by atoms with van der Waals surface area (Å²) in [5.74, 6) is 1.32. The van der Waals surface area contributed by atoms with Crippen molar-refractivity contribution in [2.75, 3.05) is 0 Å². The maximum absolute atomic E-state index is 13.8. The third-order valence-corrected chi connectivity index (χ3v) is 20.1. The lowest BCUT2D eigenvalue weighted by molar-refractivity contribution is 0.395. The van der Waals surface area contributed by atoms with Crippen LogP contribution in [-0.2, 0) is 40.9 Å². The fourth-order valence-electron chi connectivity index (χ4n) is 12.3. The molecule has 2 aliphatic heterocycles. The molecule has 79 heavy (non-hydrogen) atoms. The van der Waals surface area contributed by atoms with Crippen LogP contribution >= 0.6 is 0 Å². The number of allylic oxidation sites excluding steroid dienone is 1. The molecule has 0 saturated heterocycles. The van der Waals surface area contributed by atoms with Gasteiger partial charge in [0.05, 0.1) is 0 Å². The highest BCUT2D eigenvalue weighted by molar-refractivity contribution is 6.93. The molecule has 0 spiro atoms. The second kappa shape index (κ2) is 20.9. The van der Waals surface area contributed by atoms with Gasteiger partial charge in [-0.1, -0.05) is 272 Å². The standard InChI is InChI=1S/C74H82O4Si/c1-47(35-49-27-19-15-20-28-49)65(50-29-21-16-22-30-50)48(2)66-63-45-59(73(9,10)11)39-51(67(63)75)36-53-41-57(71(3,4)5)43-55-38-56-44-58(72(6,7)8)42-54(37-52-40-60(74(12,13)14)46-64(66)68(52)76)70(56)78-79(77-69(53)55,61-31-23-17-24-32-61)62-33-25-18-26-34-62/h15-35,39-46,48,65-66,75-76H,36-38H2,1-14H3. The molecule has 2 heterocycles. The van der Waals surface area contributed by atoms with Crippen LogP contribution in [-0.4, -0.2) is 18.8 Å². The van der Waals surface area contributed by atoms with E-state index in [0.29, 0.717) is 19.3 Å². The topological polar surface area (TPSA) is 58.9 Å². The number of hydrogen-bond acceptors (Lipinski definition) is 4. The number of benzene rings is 8. The number of fused-ring (bicyclic) bond motifs is 2. The van der Waals surface area contributed by atoms with Crippen molar-refractivity contribution >= 4 is 25.0 Å². The van der Waals surface area contributed by atoms with Crippen LogP contribution in [0.2, 0.25) is 0 Å². The van der Waals surface area contributed by atoms with Gasteiger partial charge < -0.3 is 19.1 Å². The maximum atomic E-state index is 13.8. The Balaban J connectivity index is 1.38. The minimum Gasteiger partial charge on any atom is -0.507 e. The summed E-state index contributed by atoms with van der Waals surface area (Å²) < 4.78 is 16.2. The average Bonchev–Trinajstić information content (AvgIpc) is 3.35. The first-order valence-corrected chi connectivity index (χ1v) is 30.4. The first-order valence-electron chi connectivity index (χ1n) is 28.6. The molecule has 8 aromatic carbocycles. The van der Waals surface area contributed by atoms with Crippen LogP contribution in [0.1, 0.15) is 187 Å². The normalized spacial score (nSPS) is 15.6. The molecule has 2 unspecified atom stereocenters. The number of hydrogen-bond donors (Lipinski definition) is 2. The SMILES string of the molecule is CC(=Cc1ccccc1)C(c1ccccc1)C(C)C1c2cc(C(C)(C)C)cc(c2O)Cc2cc(C(C)(C)C)cc3c2O[Si](c2ccccc2)(c2ccccc2)Oc2c(cc(C(C)(C)C)cc2C3)Cc2cc(C(C)(C)C)cc1c2O. The molecule has 5 heteroatoms. The van der Waals surface area contributed by atoms with Crippen LogP contribution in [0.3, 0.4) is 0 Å². The van der Waals surface area contributed by atoms with E-state index >= 15 is 0 Å². The molecular formula is C74H82O4Si. The van der Waals surface area contributed by atoms with E-state index in [9.17, 15) is 10.2 Å². The van der Waals surface area contributed by atoms with Gasteiger partial charge in [0, 0.05) is 52.6 Å². The summed E-state index contributed by atoms with van der Waals surface area (Å²) in [7, 11) is -3.79. The molecule has 10 bridgehead atoms. The fraction of sp³-hybridized carbons (Fsp3) is 0.324. The largest absolute Gasteiger partial charge is 0.531 e. The van der Waals surface area contributed by atoms with E-state index in [4.69, 9.17) is 8.85 Å². The molecule has 0 fully saturated rings. The van der Waals surface area contributed by atoms with Gasteiger partial charge in [0.2, 0.25) is 0 Å². The molecule has 0 radical (unpaired) electrons. The van der Waals surface area contributed by atoms with Crippen molar-refractivity contribution in [2.45, 2.75) is 150 Å². The molecule has 0 amide bonds. The van der Waals surface area contributed by atoms with Crippen molar-refractivity contribution in [3.8, 4) is 23.0 Å². The Morgan fingerprint density at radius 2 is 0.772 bits per heavy atom. The lowest BCUT2D eigenvalue weighted by atomic mass is 9.68. The molecule has 3 aliphatic rings. The van der Waals surface area contributed by atoms with E-state index in [0.717, 1.165) is 83.1 Å². The van der Waals surface area contributed by atoms with Crippen molar-refractivity contribution < 1.29 is 19.1 Å². The van der Waals surface area contributed by atoms with Gasteiger partial charge in [0.1, 0.15) is 23.0 Å². The van der Waals surface area contributed by atoms with Crippen molar-refractivity contribution in [2.24, 2.45) is 5.92 Å². The zero-order valence-electron chi connectivity index (χ0n) is 49.3. The van der Waals surface area contributed by atoms with Gasteiger partial charge in [-0.05, 0) is 101 Å². The third-order valence-electron chi connectivity index (χ3n) is 16.9. The van der Waals surface area contributed by atoms with Gasteiger partial charge in [-0.25, -0.2) is 0 Å². The Bertz CT molecular complexity index is 3360. The van der Waals surface area contributed by atoms with E-state index in [1.807, 2.05) is 0 Å². The zero-order valence-corrected chi connectivity index (χ0v) is 50.3. The first-order chi connectivity index (χ1) is 37.3. The minimum atomic E-state index is -3.79. The number of rotatable bonds is 7. The number of aromatic hydroxyl groups is 2. The van der Waals surface area contributed by atoms with Gasteiger partial charge in [-0.15, -0.1) is 0 Å². The van der Waals surface area contributed by atoms with Gasteiger partial charge >= 0.3 is 8.56 Å². The van der Waals surface area contributed by atoms with Crippen molar-refractivity contribution in [3.05, 3.63) is 253 Å². The molecule has 11 rings (SSSR count). The van der Waals surface area contributed by atoms with Gasteiger partial charge in [0.15, 0.2) is 0 Å². The predicted molar refractivity (Wildman–Crippen MR) is 332 cm³/mol. The van der Waals surface area contributed by atoms with Crippen LogP contribution in [0, 0.1) is 5.92 Å². The minimum absolute atomic E-state index is 0.115. The highest BCUT2D eigenvalue weighted by Gasteiger charge is 2.50. The molecular weight excluding hydrogens is 981 g/mol. The first kappa shape index (κ1) is 55.2. The lowest BCUT2D eigenvalue weighted by Gasteiger charge is -2.39. The summed E-state index contributed by atoms with van der Waals surface area (Å²) in [6.07, 6.45) is 3.64. The molecule has 406 valence electrons. The van der Waals surface area contributed by atoms with E-state index in [1.165, 1.54) is 22.3 Å². The Kier molecular flexibility index (Phi) is 14.6. The maximum Gasteiger partial charge on any atom is 0.531 e. The fourth-order valence-corrected chi connectivity index (χ4v) is 15.5. The van der Waals surface area contributed by atoms with Gasteiger partial charge in [-0.3, -0.25) is 0 Å². The Morgan fingerprint density at radius 3 is 1.14 bits per heavy atom. The van der Waals surface area contributed by atoms with E-state index < -0.39 is 14.5 Å². The molecule has 8 aromatic rings. The zero-order chi connectivity index (χ0) is 56.4. The van der Waals surface area contributed by atoms with Crippen LogP contribution < -0.4 is 19.2 Å². The third kappa shape index (κ3) is 11.0. The molecule has 0 aromatic heterocycles. The predicted octanol–water partition coefficient (Wildman–Crippen LogP) is 17.1. The van der Waals surface area contributed by atoms with Crippen LogP contribution in [0.5, 0.6) is 23.0 Å². The summed E-state index contributed by atoms with van der Waals surface area (Å²) in [5.41, 5.74) is 14.5. The number of phenolic OH excluding ortho intramolecular Hbond substituents is 2. The average molecular weight is 1060 g/mol. The summed E-state index contributed by atoms with van der Waals surface area (Å²) in [6.45, 7) is 31.9. The van der Waals surface area contributed by atoms with Crippen LogP contribution in [0.4, 0.5) is 0 Å². The van der Waals surface area contributed by atoms with Crippen molar-refractivity contribution in [1.82, 2.24) is 0 Å². The Hall–Kier alpha value is -7.08. The molecule has 0 saturated carbocycles. The van der Waals surface area contributed by atoms with Crippen LogP contribution in [0.25, 0.3) is 6.08 Å². The monoisotopic (exact) mass is 1060 g/mol. The second-order valence-corrected chi connectivity index (χ2v) is 29.8. The van der Waals surface area contributed by atoms with Gasteiger partial charge in [0.25, 0.3) is 0 Å². The second-order valence-electron chi connectivity index (χ2n) is 27.0. The highest BCUT2D eigenvalue weighted by Crippen LogP contribution is 2.53. The van der Waals surface area contributed by atoms with Crippen molar-refractivity contribution in [1.29, 1.82) is 0 Å². The Morgan fingerprint density at radius 1 is 0.456 bits per heavy atom. The summed E-state index contributed by atoms with van der Waals surface area (Å²) in [6, 6.07) is 61.0. The summed E-state index contributed by atoms with van der Waals surface area (Å²) in [5, 5.41) is 29.5. The lowest BCUT2D eigenvalue weighted by Crippen LogP contribution is -2.68. The summed E-state index contributed by atoms with van der Waals surface area (Å²) >= 11 is 0. The summed E-state index contributed by atoms with van der Waals surface area (Å²) in [4.78, 5) is 0. The van der Waals surface area contributed by atoms with E-state index in [1.54, 1.807) is 0 Å². The van der Waals surface area contributed by atoms with Crippen LogP contribution in [0.15, 0.2) is 175 Å². The highest BCUT2D eigenvalue weighted by atomic mass is 28.4. The number of phenols is 2. The van der Waals surface area contributed by atoms with Crippen molar-refractivity contribution in [3.63, 3.8) is 0 Å². The van der Waals surface area contributed by atoms with E-state index in [-0.39, 0.29) is 45.0 Å². The Labute approximate surface area is 473 Å². The smallest absolute Gasteiger partial charge is 0.507 e. The molecule has 2 N–H and O–H groups in total. The van der Waals surface area contributed by atoms with E-state index in [2.05, 4.69) is 273 Å². The molecule has 1 aliphatic carbocycles. The quantitative estimate of drug-likeness (QED) is 0.156. The van der Waals surface area contributed by atoms with Gasteiger partial charge in [-0.2, -0.15) is 0 Å².